The Morgan fingerprint density at radius 2 is 2.40 bits per heavy atom. The summed E-state index contributed by atoms with van der Waals surface area (Å²) < 4.78 is 1.71. The van der Waals surface area contributed by atoms with Gasteiger partial charge in [0, 0.05) is 12.4 Å². The summed E-state index contributed by atoms with van der Waals surface area (Å²) in [6.07, 6.45) is 5.02. The van der Waals surface area contributed by atoms with Gasteiger partial charge in [-0.3, -0.25) is 15.5 Å². The van der Waals surface area contributed by atoms with Gasteiger partial charge in [0.15, 0.2) is 0 Å². The molecule has 0 aliphatic heterocycles. The van der Waals surface area contributed by atoms with Crippen LogP contribution in [-0.4, -0.2) is 14.8 Å². The number of hydrazine groups is 1. The minimum Gasteiger partial charge on any atom is -0.324 e. The van der Waals surface area contributed by atoms with E-state index in [2.05, 4.69) is 15.5 Å². The van der Waals surface area contributed by atoms with Crippen molar-refractivity contribution in [2.24, 2.45) is 5.84 Å². The fourth-order valence-corrected chi connectivity index (χ4v) is 1.40. The Morgan fingerprint density at radius 1 is 1.53 bits per heavy atom. The van der Waals surface area contributed by atoms with Crippen LogP contribution in [0.4, 0.5) is 5.69 Å². The van der Waals surface area contributed by atoms with Gasteiger partial charge in [0.05, 0.1) is 29.1 Å². The summed E-state index contributed by atoms with van der Waals surface area (Å²) in [5, 5.41) is 4.67. The lowest BCUT2D eigenvalue weighted by molar-refractivity contribution is 0.673. The summed E-state index contributed by atoms with van der Waals surface area (Å²) in [4.78, 5) is 4.19. The molecule has 0 saturated carbocycles. The number of nitrogen functional groups attached to an aromatic ring is 1. The molecule has 0 fully saturated rings. The second kappa shape index (κ2) is 4.29. The van der Waals surface area contributed by atoms with Gasteiger partial charge in [-0.15, -0.1) is 0 Å². The van der Waals surface area contributed by atoms with Crippen molar-refractivity contribution >= 4 is 17.3 Å². The molecule has 78 valence electrons. The van der Waals surface area contributed by atoms with Gasteiger partial charge in [0.25, 0.3) is 0 Å². The van der Waals surface area contributed by atoms with Gasteiger partial charge in [0.1, 0.15) is 0 Å². The third-order valence-electron chi connectivity index (χ3n) is 1.91. The molecule has 0 atom stereocenters. The molecule has 0 aromatic carbocycles. The van der Waals surface area contributed by atoms with E-state index in [0.717, 1.165) is 11.4 Å². The number of rotatable bonds is 3. The summed E-state index contributed by atoms with van der Waals surface area (Å²) in [6, 6.07) is 3.65. The third kappa shape index (κ3) is 2.45. The number of nitrogens with one attached hydrogen (secondary N) is 1. The van der Waals surface area contributed by atoms with Crippen LogP contribution in [0.25, 0.3) is 0 Å². The van der Waals surface area contributed by atoms with E-state index in [-0.39, 0.29) is 0 Å². The Hall–Kier alpha value is -1.59. The molecule has 0 aliphatic carbocycles. The summed E-state index contributed by atoms with van der Waals surface area (Å²) in [6.45, 7) is 0.572. The van der Waals surface area contributed by atoms with Gasteiger partial charge in [-0.25, -0.2) is 0 Å². The zero-order valence-electron chi connectivity index (χ0n) is 7.89. The van der Waals surface area contributed by atoms with Gasteiger partial charge in [-0.1, -0.05) is 11.6 Å². The molecule has 2 aromatic rings. The van der Waals surface area contributed by atoms with Gasteiger partial charge >= 0.3 is 0 Å². The monoisotopic (exact) mass is 223 g/mol. The molecule has 2 rings (SSSR count). The number of nitrogens with two attached hydrogens (primary N) is 1. The predicted molar refractivity (Wildman–Crippen MR) is 58.4 cm³/mol. The normalized spacial score (nSPS) is 10.3. The van der Waals surface area contributed by atoms with Crippen LogP contribution in [0.15, 0.2) is 30.7 Å². The lowest BCUT2D eigenvalue weighted by Gasteiger charge is -2.03. The van der Waals surface area contributed by atoms with E-state index in [1.54, 1.807) is 29.3 Å². The largest absolute Gasteiger partial charge is 0.324 e. The molecule has 0 saturated heterocycles. The van der Waals surface area contributed by atoms with E-state index >= 15 is 0 Å². The minimum atomic E-state index is 0.572. The van der Waals surface area contributed by atoms with E-state index in [1.165, 1.54) is 0 Å². The summed E-state index contributed by atoms with van der Waals surface area (Å²) in [5.41, 5.74) is 4.25. The zero-order valence-corrected chi connectivity index (χ0v) is 8.65. The Labute approximate surface area is 91.8 Å². The molecular formula is C9H10ClN5. The van der Waals surface area contributed by atoms with Crippen molar-refractivity contribution in [3.63, 3.8) is 0 Å². The first-order valence-corrected chi connectivity index (χ1v) is 4.75. The average molecular weight is 224 g/mol. The molecule has 0 unspecified atom stereocenters. The second-order valence-corrected chi connectivity index (χ2v) is 3.47. The fraction of sp³-hybridized carbons (Fsp3) is 0.111. The van der Waals surface area contributed by atoms with Crippen LogP contribution in [0.5, 0.6) is 0 Å². The van der Waals surface area contributed by atoms with E-state index in [0.29, 0.717) is 11.6 Å². The van der Waals surface area contributed by atoms with Crippen LogP contribution in [0, 0.1) is 0 Å². The SMILES string of the molecule is NNc1ccnc(Cn2cc(Cl)cn2)c1. The fourth-order valence-electron chi connectivity index (χ4n) is 1.25. The molecular weight excluding hydrogens is 214 g/mol. The molecule has 3 N–H and O–H groups in total. The summed E-state index contributed by atoms with van der Waals surface area (Å²) >= 11 is 5.75. The van der Waals surface area contributed by atoms with Crippen molar-refractivity contribution in [1.29, 1.82) is 0 Å². The highest BCUT2D eigenvalue weighted by Crippen LogP contribution is 2.09. The first-order valence-electron chi connectivity index (χ1n) is 4.37. The highest BCUT2D eigenvalue weighted by atomic mass is 35.5. The second-order valence-electron chi connectivity index (χ2n) is 3.04. The Kier molecular flexibility index (Phi) is 2.84. The average Bonchev–Trinajstić information content (AvgIpc) is 2.64. The van der Waals surface area contributed by atoms with Crippen molar-refractivity contribution in [3.05, 3.63) is 41.4 Å². The van der Waals surface area contributed by atoms with E-state index in [4.69, 9.17) is 17.4 Å². The maximum absolute atomic E-state index is 5.75. The van der Waals surface area contributed by atoms with Crippen molar-refractivity contribution in [2.45, 2.75) is 6.54 Å². The lowest BCUT2D eigenvalue weighted by Crippen LogP contribution is -2.08. The smallest absolute Gasteiger partial charge is 0.0832 e. The first-order chi connectivity index (χ1) is 7.28. The summed E-state index contributed by atoms with van der Waals surface area (Å²) in [7, 11) is 0. The third-order valence-corrected chi connectivity index (χ3v) is 2.10. The van der Waals surface area contributed by atoms with Crippen LogP contribution in [0.3, 0.4) is 0 Å². The van der Waals surface area contributed by atoms with Crippen LogP contribution in [0.2, 0.25) is 5.02 Å². The van der Waals surface area contributed by atoms with Crippen molar-refractivity contribution in [3.8, 4) is 0 Å². The molecule has 0 aliphatic rings. The van der Waals surface area contributed by atoms with Crippen LogP contribution in [0.1, 0.15) is 5.69 Å². The van der Waals surface area contributed by atoms with Gasteiger partial charge in [-0.05, 0) is 12.1 Å². The molecule has 2 aromatic heterocycles. The van der Waals surface area contributed by atoms with Crippen molar-refractivity contribution in [2.75, 3.05) is 5.43 Å². The van der Waals surface area contributed by atoms with Crippen LogP contribution in [-0.2, 0) is 6.54 Å². The number of hydrogen-bond donors (Lipinski definition) is 2. The highest BCUT2D eigenvalue weighted by Gasteiger charge is 1.99. The summed E-state index contributed by atoms with van der Waals surface area (Å²) in [5.74, 6) is 5.29. The standard InChI is InChI=1S/C9H10ClN5/c10-7-4-13-15(5-7)6-9-3-8(14-11)1-2-12-9/h1-5H,6,11H2,(H,12,14). The molecule has 0 amide bonds. The number of nitrogens with zero attached hydrogens (tertiary/aromatic N) is 3. The number of aromatic nitrogens is 3. The maximum atomic E-state index is 5.75. The first kappa shape index (κ1) is 9.95. The Morgan fingerprint density at radius 3 is 3.07 bits per heavy atom. The van der Waals surface area contributed by atoms with E-state index < -0.39 is 0 Å². The number of pyridine rings is 1. The lowest BCUT2D eigenvalue weighted by atomic mass is 10.3. The zero-order chi connectivity index (χ0) is 10.7. The van der Waals surface area contributed by atoms with Gasteiger partial charge < -0.3 is 5.43 Å². The molecule has 5 nitrogen and oxygen atoms in total. The Bertz CT molecular complexity index is 453. The topological polar surface area (TPSA) is 68.8 Å². The minimum absolute atomic E-state index is 0.572. The molecule has 15 heavy (non-hydrogen) atoms. The quantitative estimate of drug-likeness (QED) is 0.607. The molecule has 6 heteroatoms. The maximum Gasteiger partial charge on any atom is 0.0832 e. The molecule has 0 bridgehead atoms. The molecule has 2 heterocycles. The predicted octanol–water partition coefficient (Wildman–Crippen LogP) is 1.27. The van der Waals surface area contributed by atoms with Crippen LogP contribution >= 0.6 is 11.6 Å². The van der Waals surface area contributed by atoms with E-state index in [9.17, 15) is 0 Å². The highest BCUT2D eigenvalue weighted by molar-refractivity contribution is 6.30. The number of halogens is 1. The van der Waals surface area contributed by atoms with Gasteiger partial charge in [0.2, 0.25) is 0 Å². The number of hydrogen-bond acceptors (Lipinski definition) is 4. The number of anilines is 1. The molecule has 0 radical (unpaired) electrons. The van der Waals surface area contributed by atoms with E-state index in [1.807, 2.05) is 6.07 Å². The van der Waals surface area contributed by atoms with Crippen molar-refractivity contribution < 1.29 is 0 Å². The van der Waals surface area contributed by atoms with Crippen LogP contribution < -0.4 is 11.3 Å². The molecule has 0 spiro atoms. The van der Waals surface area contributed by atoms with Crippen molar-refractivity contribution in [1.82, 2.24) is 14.8 Å². The Balaban J connectivity index is 2.16. The van der Waals surface area contributed by atoms with Gasteiger partial charge in [-0.2, -0.15) is 5.10 Å².